The van der Waals surface area contributed by atoms with Crippen molar-refractivity contribution in [3.8, 4) is 0 Å². The van der Waals surface area contributed by atoms with Gasteiger partial charge in [0.05, 0.1) is 6.10 Å². The van der Waals surface area contributed by atoms with Gasteiger partial charge in [0.2, 0.25) is 11.8 Å². The van der Waals surface area contributed by atoms with Gasteiger partial charge in [0.15, 0.2) is 0 Å². The maximum Gasteiger partial charge on any atom is 0.249 e. The van der Waals surface area contributed by atoms with Crippen molar-refractivity contribution < 1.29 is 23.1 Å². The molecule has 1 saturated carbocycles. The lowest BCUT2D eigenvalue weighted by molar-refractivity contribution is -0.145. The Balaban J connectivity index is 1.61. The molecule has 0 bridgehead atoms. The van der Waals surface area contributed by atoms with E-state index in [0.717, 1.165) is 56.7 Å². The van der Waals surface area contributed by atoms with Crippen molar-refractivity contribution in [3.63, 3.8) is 0 Å². The zero-order chi connectivity index (χ0) is 18.5. The van der Waals surface area contributed by atoms with E-state index in [1.807, 2.05) is 0 Å². The number of hydrogen-bond donors (Lipinski definition) is 1. The normalized spacial score (nSPS) is 21.0. The number of nitrogens with zero attached hydrogens (tertiary/aromatic N) is 1. The van der Waals surface area contributed by atoms with Crippen molar-refractivity contribution in [2.75, 3.05) is 18.5 Å². The third-order valence-electron chi connectivity index (χ3n) is 5.00. The zero-order valence-corrected chi connectivity index (χ0v) is 14.7. The van der Waals surface area contributed by atoms with Crippen molar-refractivity contribution >= 4 is 17.5 Å². The number of benzene rings is 1. The van der Waals surface area contributed by atoms with Gasteiger partial charge >= 0.3 is 0 Å². The molecular formula is C19H24F2N2O3. The van der Waals surface area contributed by atoms with E-state index in [1.54, 1.807) is 0 Å². The molecule has 7 heteroatoms. The number of ether oxygens (including phenoxy) is 1. The molecule has 1 N–H and O–H groups in total. The molecule has 1 aromatic rings. The Morgan fingerprint density at radius 2 is 1.69 bits per heavy atom. The number of nitrogens with one attached hydrogen (secondary N) is 1. The summed E-state index contributed by atoms with van der Waals surface area (Å²) in [5.74, 6) is -2.16. The Morgan fingerprint density at radius 1 is 1.04 bits per heavy atom. The van der Waals surface area contributed by atoms with Crippen LogP contribution in [0.25, 0.3) is 0 Å². The minimum Gasteiger partial charge on any atom is -0.368 e. The van der Waals surface area contributed by atoms with E-state index >= 15 is 0 Å². The van der Waals surface area contributed by atoms with E-state index in [4.69, 9.17) is 4.74 Å². The number of halogens is 2. The van der Waals surface area contributed by atoms with Gasteiger partial charge in [0, 0.05) is 18.3 Å². The molecule has 2 aliphatic rings. The van der Waals surface area contributed by atoms with E-state index in [1.165, 1.54) is 4.90 Å². The smallest absolute Gasteiger partial charge is 0.249 e. The second kappa shape index (κ2) is 8.58. The highest BCUT2D eigenvalue weighted by atomic mass is 19.1. The largest absolute Gasteiger partial charge is 0.368 e. The lowest BCUT2D eigenvalue weighted by atomic mass is 10.0. The van der Waals surface area contributed by atoms with Gasteiger partial charge in [-0.15, -0.1) is 0 Å². The molecule has 2 amide bonds. The molecule has 1 saturated heterocycles. The molecular weight excluding hydrogens is 342 g/mol. The second-order valence-electron chi connectivity index (χ2n) is 6.96. The van der Waals surface area contributed by atoms with Crippen LogP contribution in [0.1, 0.15) is 44.9 Å². The van der Waals surface area contributed by atoms with Crippen molar-refractivity contribution in [3.05, 3.63) is 29.8 Å². The SMILES string of the molecule is O=C(Nc1cc(F)cc(F)c1)[C@H]1CCCCN1C(=O)COC1CCCC1. The topological polar surface area (TPSA) is 58.6 Å². The van der Waals surface area contributed by atoms with Gasteiger partial charge in [-0.2, -0.15) is 0 Å². The number of rotatable bonds is 5. The summed E-state index contributed by atoms with van der Waals surface area (Å²) in [6.45, 7) is 0.464. The third kappa shape index (κ3) is 4.78. The highest BCUT2D eigenvalue weighted by molar-refractivity contribution is 5.97. The highest BCUT2D eigenvalue weighted by Gasteiger charge is 2.32. The average molecular weight is 366 g/mol. The first-order valence-corrected chi connectivity index (χ1v) is 9.21. The van der Waals surface area contributed by atoms with Crippen LogP contribution in [-0.2, 0) is 14.3 Å². The molecule has 0 unspecified atom stereocenters. The highest BCUT2D eigenvalue weighted by Crippen LogP contribution is 2.23. The Labute approximate surface area is 151 Å². The summed E-state index contributed by atoms with van der Waals surface area (Å²) < 4.78 is 32.3. The summed E-state index contributed by atoms with van der Waals surface area (Å²) in [5.41, 5.74) is 0.0488. The number of amides is 2. The minimum absolute atomic E-state index is 0.0248. The number of likely N-dealkylation sites (tertiary alicyclic amines) is 1. The summed E-state index contributed by atoms with van der Waals surface area (Å²) in [6.07, 6.45) is 6.50. The van der Waals surface area contributed by atoms with Crippen molar-refractivity contribution in [2.45, 2.75) is 57.1 Å². The fraction of sp³-hybridized carbons (Fsp3) is 0.579. The maximum absolute atomic E-state index is 13.3. The molecule has 142 valence electrons. The van der Waals surface area contributed by atoms with Gasteiger partial charge in [0.1, 0.15) is 24.3 Å². The lowest BCUT2D eigenvalue weighted by Gasteiger charge is -2.35. The number of carbonyl (C=O) groups is 2. The summed E-state index contributed by atoms with van der Waals surface area (Å²) >= 11 is 0. The number of hydrogen-bond acceptors (Lipinski definition) is 3. The Kier molecular flexibility index (Phi) is 6.19. The van der Waals surface area contributed by atoms with Crippen molar-refractivity contribution in [1.82, 2.24) is 4.90 Å². The minimum atomic E-state index is -0.762. The predicted octanol–water partition coefficient (Wildman–Crippen LogP) is 3.24. The number of carbonyl (C=O) groups excluding carboxylic acids is 2. The van der Waals surface area contributed by atoms with E-state index in [9.17, 15) is 18.4 Å². The van der Waals surface area contributed by atoms with Crippen LogP contribution in [0.5, 0.6) is 0 Å². The molecule has 1 aliphatic carbocycles. The first-order valence-electron chi connectivity index (χ1n) is 9.21. The summed E-state index contributed by atoms with van der Waals surface area (Å²) in [4.78, 5) is 26.6. The van der Waals surface area contributed by atoms with Crippen molar-refractivity contribution in [2.24, 2.45) is 0 Å². The van der Waals surface area contributed by atoms with Crippen LogP contribution < -0.4 is 5.32 Å². The Morgan fingerprint density at radius 3 is 2.38 bits per heavy atom. The molecule has 0 aromatic heterocycles. The molecule has 0 radical (unpaired) electrons. The zero-order valence-electron chi connectivity index (χ0n) is 14.7. The summed E-state index contributed by atoms with van der Waals surface area (Å²) in [5, 5.41) is 2.52. The molecule has 1 heterocycles. The standard InChI is InChI=1S/C19H24F2N2O3/c20-13-9-14(21)11-15(10-13)22-19(25)17-7-3-4-8-23(17)18(24)12-26-16-5-1-2-6-16/h9-11,16-17H,1-8,12H2,(H,22,25)/t17-/m1/s1. The molecule has 5 nitrogen and oxygen atoms in total. The molecule has 3 rings (SSSR count). The molecule has 2 fully saturated rings. The maximum atomic E-state index is 13.3. The Bertz CT molecular complexity index is 642. The van der Waals surface area contributed by atoms with Gasteiger partial charge in [0.25, 0.3) is 0 Å². The van der Waals surface area contributed by atoms with Gasteiger partial charge in [-0.05, 0) is 44.2 Å². The molecule has 26 heavy (non-hydrogen) atoms. The van der Waals surface area contributed by atoms with Crippen LogP contribution in [-0.4, -0.2) is 42.0 Å². The fourth-order valence-electron chi connectivity index (χ4n) is 3.68. The quantitative estimate of drug-likeness (QED) is 0.870. The first-order chi connectivity index (χ1) is 12.5. The van der Waals surface area contributed by atoms with E-state index in [2.05, 4.69) is 5.32 Å². The fourth-order valence-corrected chi connectivity index (χ4v) is 3.68. The first kappa shape index (κ1) is 18.8. The van der Waals surface area contributed by atoms with Gasteiger partial charge in [-0.3, -0.25) is 9.59 Å². The second-order valence-corrected chi connectivity index (χ2v) is 6.96. The van der Waals surface area contributed by atoms with Gasteiger partial charge in [-0.1, -0.05) is 12.8 Å². The van der Waals surface area contributed by atoms with Crippen LogP contribution in [0.4, 0.5) is 14.5 Å². The molecule has 1 aromatic carbocycles. The van der Waals surface area contributed by atoms with Gasteiger partial charge < -0.3 is 15.0 Å². The van der Waals surface area contributed by atoms with Crippen LogP contribution in [0.15, 0.2) is 18.2 Å². The van der Waals surface area contributed by atoms with Crippen molar-refractivity contribution in [1.29, 1.82) is 0 Å². The molecule has 0 spiro atoms. The van der Waals surface area contributed by atoms with Crippen LogP contribution >= 0.6 is 0 Å². The molecule has 1 atom stereocenters. The number of anilines is 1. The summed E-state index contributed by atoms with van der Waals surface area (Å²) in [7, 11) is 0. The monoisotopic (exact) mass is 366 g/mol. The summed E-state index contributed by atoms with van der Waals surface area (Å²) in [6, 6.07) is 2.21. The van der Waals surface area contributed by atoms with Crippen LogP contribution in [0, 0.1) is 11.6 Å². The number of piperidine rings is 1. The average Bonchev–Trinajstić information content (AvgIpc) is 3.12. The van der Waals surface area contributed by atoms with E-state index < -0.39 is 23.6 Å². The predicted molar refractivity (Wildman–Crippen MR) is 92.5 cm³/mol. The van der Waals surface area contributed by atoms with E-state index in [-0.39, 0.29) is 24.3 Å². The van der Waals surface area contributed by atoms with E-state index in [0.29, 0.717) is 13.0 Å². The molecule has 1 aliphatic heterocycles. The van der Waals surface area contributed by atoms with Crippen LogP contribution in [0.3, 0.4) is 0 Å². The van der Waals surface area contributed by atoms with Crippen LogP contribution in [0.2, 0.25) is 0 Å². The third-order valence-corrected chi connectivity index (χ3v) is 5.00. The Hall–Kier alpha value is -2.02. The lowest BCUT2D eigenvalue weighted by Crippen LogP contribution is -2.51. The van der Waals surface area contributed by atoms with Gasteiger partial charge in [-0.25, -0.2) is 8.78 Å².